The fourth-order valence-corrected chi connectivity index (χ4v) is 7.47. The van der Waals surface area contributed by atoms with Crippen molar-refractivity contribution in [2.45, 2.75) is 19.3 Å². The molecule has 0 radical (unpaired) electrons. The van der Waals surface area contributed by atoms with E-state index < -0.39 is 0 Å². The second-order valence-electron chi connectivity index (χ2n) is 13.0. The lowest BCUT2D eigenvalue weighted by Gasteiger charge is -2.29. The van der Waals surface area contributed by atoms with Crippen LogP contribution in [0.5, 0.6) is 0 Å². The minimum absolute atomic E-state index is 0.112. The minimum Gasteiger partial charge on any atom is -0.456 e. The molecule has 8 aromatic rings. The zero-order valence-electron chi connectivity index (χ0n) is 26.4. The highest BCUT2D eigenvalue weighted by atomic mass is 16.3. The van der Waals surface area contributed by atoms with Crippen molar-refractivity contribution < 1.29 is 4.42 Å². The molecule has 0 aliphatic heterocycles. The van der Waals surface area contributed by atoms with Crippen LogP contribution in [0.4, 0.5) is 17.1 Å². The fourth-order valence-electron chi connectivity index (χ4n) is 7.47. The maximum Gasteiger partial charge on any atom is 0.135 e. The Labute approximate surface area is 275 Å². The van der Waals surface area contributed by atoms with Gasteiger partial charge in [0.25, 0.3) is 0 Å². The molecular formula is C45H33NO. The van der Waals surface area contributed by atoms with E-state index in [1.54, 1.807) is 0 Å². The highest BCUT2D eigenvalue weighted by Crippen LogP contribution is 2.51. The smallest absolute Gasteiger partial charge is 0.135 e. The van der Waals surface area contributed by atoms with Crippen molar-refractivity contribution in [3.8, 4) is 33.4 Å². The number of furan rings is 1. The number of anilines is 3. The Balaban J connectivity index is 1.31. The maximum absolute atomic E-state index is 6.26. The lowest BCUT2D eigenvalue weighted by molar-refractivity contribution is 0.660. The van der Waals surface area contributed by atoms with Crippen LogP contribution in [0, 0.1) is 0 Å². The average molecular weight is 604 g/mol. The molecule has 1 aliphatic carbocycles. The van der Waals surface area contributed by atoms with Gasteiger partial charge < -0.3 is 9.32 Å². The second-order valence-corrected chi connectivity index (χ2v) is 13.0. The Kier molecular flexibility index (Phi) is 6.20. The van der Waals surface area contributed by atoms with Gasteiger partial charge in [-0.1, -0.05) is 123 Å². The van der Waals surface area contributed by atoms with Crippen LogP contribution in [0.15, 0.2) is 168 Å². The molecule has 224 valence electrons. The molecule has 0 saturated heterocycles. The first kappa shape index (κ1) is 27.5. The van der Waals surface area contributed by atoms with Gasteiger partial charge in [-0.15, -0.1) is 0 Å². The Morgan fingerprint density at radius 2 is 0.979 bits per heavy atom. The van der Waals surface area contributed by atoms with Crippen molar-refractivity contribution in [2.75, 3.05) is 4.90 Å². The quantitative estimate of drug-likeness (QED) is 0.195. The summed E-state index contributed by atoms with van der Waals surface area (Å²) in [6, 6.07) is 59.1. The first-order chi connectivity index (χ1) is 23.0. The van der Waals surface area contributed by atoms with E-state index in [1.807, 2.05) is 12.1 Å². The molecule has 0 N–H and O–H groups in total. The molecule has 9 rings (SSSR count). The lowest BCUT2D eigenvalue weighted by Crippen LogP contribution is -2.16. The van der Waals surface area contributed by atoms with Crippen LogP contribution in [0.3, 0.4) is 0 Å². The van der Waals surface area contributed by atoms with Crippen molar-refractivity contribution >= 4 is 39.0 Å². The monoisotopic (exact) mass is 603 g/mol. The summed E-state index contributed by atoms with van der Waals surface area (Å²) in [4.78, 5) is 2.42. The van der Waals surface area contributed by atoms with Crippen LogP contribution in [0.2, 0.25) is 0 Å². The molecule has 2 heteroatoms. The number of fused-ring (bicyclic) bond motifs is 6. The predicted octanol–water partition coefficient (Wildman–Crippen LogP) is 12.7. The fraction of sp³-hybridized carbons (Fsp3) is 0.0667. The third kappa shape index (κ3) is 4.48. The highest BCUT2D eigenvalue weighted by Gasteiger charge is 2.35. The molecule has 1 heterocycles. The molecule has 7 aromatic carbocycles. The van der Waals surface area contributed by atoms with Crippen LogP contribution in [0.1, 0.15) is 25.0 Å². The highest BCUT2D eigenvalue weighted by molar-refractivity contribution is 6.06. The number of hydrogen-bond donors (Lipinski definition) is 0. The molecule has 1 aromatic heterocycles. The molecule has 47 heavy (non-hydrogen) atoms. The molecule has 0 atom stereocenters. The van der Waals surface area contributed by atoms with Crippen molar-refractivity contribution in [3.63, 3.8) is 0 Å². The molecule has 0 unspecified atom stereocenters. The maximum atomic E-state index is 6.26. The van der Waals surface area contributed by atoms with Gasteiger partial charge in [0.2, 0.25) is 0 Å². The summed E-state index contributed by atoms with van der Waals surface area (Å²) < 4.78 is 6.26. The van der Waals surface area contributed by atoms with Crippen LogP contribution < -0.4 is 4.90 Å². The minimum atomic E-state index is -0.112. The summed E-state index contributed by atoms with van der Waals surface area (Å²) in [7, 11) is 0. The van der Waals surface area contributed by atoms with Gasteiger partial charge in [-0.3, -0.25) is 0 Å². The summed E-state index contributed by atoms with van der Waals surface area (Å²) in [5.74, 6) is 0. The van der Waals surface area contributed by atoms with E-state index in [4.69, 9.17) is 4.42 Å². The lowest BCUT2D eigenvalue weighted by atomic mass is 9.82. The Morgan fingerprint density at radius 1 is 0.404 bits per heavy atom. The first-order valence-corrected chi connectivity index (χ1v) is 16.3. The van der Waals surface area contributed by atoms with Gasteiger partial charge in [0, 0.05) is 33.2 Å². The summed E-state index contributed by atoms with van der Waals surface area (Å²) in [5.41, 5.74) is 15.1. The van der Waals surface area contributed by atoms with Crippen LogP contribution in [-0.4, -0.2) is 0 Å². The van der Waals surface area contributed by atoms with E-state index in [9.17, 15) is 0 Å². The van der Waals surface area contributed by atoms with E-state index >= 15 is 0 Å². The van der Waals surface area contributed by atoms with Gasteiger partial charge in [-0.2, -0.15) is 0 Å². The molecule has 2 nitrogen and oxygen atoms in total. The molecule has 0 fully saturated rings. The number of rotatable bonds is 5. The topological polar surface area (TPSA) is 16.4 Å². The third-order valence-corrected chi connectivity index (χ3v) is 9.83. The molecule has 0 saturated carbocycles. The second kappa shape index (κ2) is 10.6. The standard InChI is InChI=1S/C45H33NO/c1-45(2)41-19-11-9-17-37(41)38-23-21-35(29-42(38)45)46(34-22-24-44-40(28-34)39-18-10-12-20-43(39)47-44)36-26-32(30-13-5-3-6-14-30)25-33(27-36)31-15-7-4-8-16-31/h3-29H,1-2H3. The number of nitrogens with zero attached hydrogens (tertiary/aromatic N) is 1. The molecule has 0 bridgehead atoms. The van der Waals surface area contributed by atoms with E-state index in [1.165, 1.54) is 44.5 Å². The summed E-state index contributed by atoms with van der Waals surface area (Å²) in [6.07, 6.45) is 0. The van der Waals surface area contributed by atoms with Crippen molar-refractivity contribution in [2.24, 2.45) is 0 Å². The van der Waals surface area contributed by atoms with Gasteiger partial charge in [0.1, 0.15) is 11.2 Å². The Hall–Kier alpha value is -5.86. The van der Waals surface area contributed by atoms with E-state index in [2.05, 4.69) is 170 Å². The van der Waals surface area contributed by atoms with Gasteiger partial charge in [0.05, 0.1) is 0 Å². The molecule has 0 spiro atoms. The van der Waals surface area contributed by atoms with Crippen molar-refractivity contribution in [1.82, 2.24) is 0 Å². The molecule has 0 amide bonds. The zero-order valence-corrected chi connectivity index (χ0v) is 26.4. The van der Waals surface area contributed by atoms with Gasteiger partial charge in [-0.25, -0.2) is 0 Å². The van der Waals surface area contributed by atoms with Crippen LogP contribution in [0.25, 0.3) is 55.3 Å². The predicted molar refractivity (Wildman–Crippen MR) is 197 cm³/mol. The number of benzene rings is 7. The number of para-hydroxylation sites is 1. The largest absolute Gasteiger partial charge is 0.456 e. The van der Waals surface area contributed by atoms with Crippen molar-refractivity contribution in [1.29, 1.82) is 0 Å². The van der Waals surface area contributed by atoms with Gasteiger partial charge in [-0.05, 0) is 99.1 Å². The number of hydrogen-bond acceptors (Lipinski definition) is 2. The summed E-state index contributed by atoms with van der Waals surface area (Å²) >= 11 is 0. The van der Waals surface area contributed by atoms with E-state index in [-0.39, 0.29) is 5.41 Å². The van der Waals surface area contributed by atoms with E-state index in [0.717, 1.165) is 39.0 Å². The van der Waals surface area contributed by atoms with Crippen molar-refractivity contribution in [3.05, 3.63) is 175 Å². The Bertz CT molecular complexity index is 2380. The first-order valence-electron chi connectivity index (χ1n) is 16.3. The molecular weight excluding hydrogens is 571 g/mol. The van der Waals surface area contributed by atoms with Crippen LogP contribution in [-0.2, 0) is 5.41 Å². The molecule has 1 aliphatic rings. The summed E-state index contributed by atoms with van der Waals surface area (Å²) in [5, 5.41) is 2.23. The SMILES string of the molecule is CC1(C)c2ccccc2-c2ccc(N(c3cc(-c4ccccc4)cc(-c4ccccc4)c3)c3ccc4oc5ccccc5c4c3)cc21. The normalized spacial score (nSPS) is 13.1. The average Bonchev–Trinajstić information content (AvgIpc) is 3.61. The Morgan fingerprint density at radius 3 is 1.72 bits per heavy atom. The van der Waals surface area contributed by atoms with Gasteiger partial charge >= 0.3 is 0 Å². The van der Waals surface area contributed by atoms with Gasteiger partial charge in [0.15, 0.2) is 0 Å². The van der Waals surface area contributed by atoms with Crippen LogP contribution >= 0.6 is 0 Å². The third-order valence-electron chi connectivity index (χ3n) is 9.83. The summed E-state index contributed by atoms with van der Waals surface area (Å²) in [6.45, 7) is 4.69. The zero-order chi connectivity index (χ0) is 31.5. The van der Waals surface area contributed by atoms with E-state index in [0.29, 0.717) is 0 Å².